The third-order valence-corrected chi connectivity index (χ3v) is 4.52. The lowest BCUT2D eigenvalue weighted by molar-refractivity contribution is -0.118. The molecular formula is C17H28N4O. The average molecular weight is 304 g/mol. The summed E-state index contributed by atoms with van der Waals surface area (Å²) in [6, 6.07) is 0. The van der Waals surface area contributed by atoms with Crippen LogP contribution in [0.1, 0.15) is 51.3 Å². The van der Waals surface area contributed by atoms with Crippen LogP contribution in [0.25, 0.3) is 0 Å². The molecule has 5 nitrogen and oxygen atoms in total. The fourth-order valence-electron chi connectivity index (χ4n) is 3.03. The molecule has 1 aliphatic rings. The van der Waals surface area contributed by atoms with Gasteiger partial charge < -0.3 is 15.2 Å². The van der Waals surface area contributed by atoms with Gasteiger partial charge in [-0.25, -0.2) is 4.98 Å². The van der Waals surface area contributed by atoms with Crippen LogP contribution in [0.2, 0.25) is 0 Å². The van der Waals surface area contributed by atoms with E-state index in [-0.39, 0.29) is 12.5 Å². The molecule has 5 heteroatoms. The molecule has 0 aromatic carbocycles. The predicted molar refractivity (Wildman–Crippen MR) is 88.5 cm³/mol. The number of allylic oxidation sites excluding steroid dienone is 1. The Labute approximate surface area is 133 Å². The lowest BCUT2D eigenvalue weighted by atomic mass is 9.95. The summed E-state index contributed by atoms with van der Waals surface area (Å²) < 4.78 is 1.90. The molecule has 1 fully saturated rings. The molecule has 122 valence electrons. The molecule has 1 aromatic rings. The number of nitrogens with two attached hydrogens (primary N) is 1. The number of hydrogen-bond donors (Lipinski definition) is 1. The third-order valence-electron chi connectivity index (χ3n) is 4.52. The Kier molecular flexibility index (Phi) is 6.19. The first-order chi connectivity index (χ1) is 10.6. The van der Waals surface area contributed by atoms with E-state index in [2.05, 4.69) is 29.8 Å². The van der Waals surface area contributed by atoms with E-state index in [4.69, 9.17) is 5.73 Å². The summed E-state index contributed by atoms with van der Waals surface area (Å²) >= 11 is 0. The maximum absolute atomic E-state index is 11.1. The molecule has 1 aliphatic heterocycles. The second-order valence-electron chi connectivity index (χ2n) is 6.19. The highest BCUT2D eigenvalue weighted by Crippen LogP contribution is 2.27. The standard InChI is InChI=1S/C17H28N4O/c1-3-14(2)5-4-9-20-10-6-15(7-11-20)17-19-8-12-21(17)13-16(18)22/h5,8,12,15H,3-4,6-7,9-11,13H2,1-2H3,(H2,18,22). The number of primary amides is 1. The van der Waals surface area contributed by atoms with Gasteiger partial charge in [0.25, 0.3) is 0 Å². The predicted octanol–water partition coefficient (Wildman–Crippen LogP) is 2.29. The molecule has 1 amide bonds. The van der Waals surface area contributed by atoms with Crippen LogP contribution in [0.3, 0.4) is 0 Å². The fraction of sp³-hybridized carbons (Fsp3) is 0.647. The number of carbonyl (C=O) groups excluding carboxylic acids is 1. The van der Waals surface area contributed by atoms with Gasteiger partial charge >= 0.3 is 0 Å². The molecule has 0 saturated carbocycles. The molecule has 2 rings (SSSR count). The van der Waals surface area contributed by atoms with Crippen molar-refractivity contribution in [2.24, 2.45) is 5.73 Å². The zero-order valence-corrected chi connectivity index (χ0v) is 13.8. The summed E-state index contributed by atoms with van der Waals surface area (Å²) in [7, 11) is 0. The first-order valence-corrected chi connectivity index (χ1v) is 8.27. The first-order valence-electron chi connectivity index (χ1n) is 8.27. The summed E-state index contributed by atoms with van der Waals surface area (Å²) in [5.41, 5.74) is 6.77. The van der Waals surface area contributed by atoms with Crippen LogP contribution in [-0.2, 0) is 11.3 Å². The number of carbonyl (C=O) groups is 1. The van der Waals surface area contributed by atoms with Crippen LogP contribution >= 0.6 is 0 Å². The van der Waals surface area contributed by atoms with E-state index in [1.807, 2.05) is 10.8 Å². The molecule has 22 heavy (non-hydrogen) atoms. The quantitative estimate of drug-likeness (QED) is 0.786. The smallest absolute Gasteiger partial charge is 0.237 e. The zero-order valence-electron chi connectivity index (χ0n) is 13.8. The Morgan fingerprint density at radius 3 is 2.82 bits per heavy atom. The number of amides is 1. The Morgan fingerprint density at radius 2 is 2.18 bits per heavy atom. The average Bonchev–Trinajstić information content (AvgIpc) is 2.95. The van der Waals surface area contributed by atoms with Crippen molar-refractivity contribution in [3.63, 3.8) is 0 Å². The molecule has 1 saturated heterocycles. The van der Waals surface area contributed by atoms with Crippen molar-refractivity contribution in [2.45, 2.75) is 52.0 Å². The van der Waals surface area contributed by atoms with E-state index in [0.29, 0.717) is 5.92 Å². The summed E-state index contributed by atoms with van der Waals surface area (Å²) in [5, 5.41) is 0. The van der Waals surface area contributed by atoms with Gasteiger partial charge in [-0.3, -0.25) is 4.79 Å². The SMILES string of the molecule is CCC(C)=CCCN1CCC(c2nccn2CC(N)=O)CC1. The van der Waals surface area contributed by atoms with Gasteiger partial charge in [0.2, 0.25) is 5.91 Å². The van der Waals surface area contributed by atoms with Crippen LogP contribution in [0, 0.1) is 0 Å². The molecule has 0 aliphatic carbocycles. The Balaban J connectivity index is 1.82. The minimum Gasteiger partial charge on any atom is -0.368 e. The summed E-state index contributed by atoms with van der Waals surface area (Å²) in [4.78, 5) is 18.1. The lowest BCUT2D eigenvalue weighted by Crippen LogP contribution is -2.34. The largest absolute Gasteiger partial charge is 0.368 e. The monoisotopic (exact) mass is 304 g/mol. The van der Waals surface area contributed by atoms with Gasteiger partial charge in [-0.2, -0.15) is 0 Å². The van der Waals surface area contributed by atoms with Crippen LogP contribution < -0.4 is 5.73 Å². The summed E-state index contributed by atoms with van der Waals surface area (Å²) in [6.07, 6.45) is 10.5. The highest BCUT2D eigenvalue weighted by molar-refractivity contribution is 5.73. The minimum absolute atomic E-state index is 0.233. The Hall–Kier alpha value is -1.62. The van der Waals surface area contributed by atoms with E-state index in [0.717, 1.165) is 51.1 Å². The second-order valence-corrected chi connectivity index (χ2v) is 6.19. The van der Waals surface area contributed by atoms with Gasteiger partial charge in [-0.1, -0.05) is 18.6 Å². The topological polar surface area (TPSA) is 64.2 Å². The van der Waals surface area contributed by atoms with Crippen molar-refractivity contribution in [3.05, 3.63) is 29.9 Å². The number of aromatic nitrogens is 2. The highest BCUT2D eigenvalue weighted by Gasteiger charge is 2.23. The van der Waals surface area contributed by atoms with E-state index in [1.54, 1.807) is 6.20 Å². The summed E-state index contributed by atoms with van der Waals surface area (Å²) in [6.45, 7) is 7.98. The molecular weight excluding hydrogens is 276 g/mol. The van der Waals surface area contributed by atoms with E-state index in [1.165, 1.54) is 5.57 Å². The van der Waals surface area contributed by atoms with Crippen LogP contribution in [0.15, 0.2) is 24.0 Å². The van der Waals surface area contributed by atoms with Gasteiger partial charge in [0, 0.05) is 24.9 Å². The number of likely N-dealkylation sites (tertiary alicyclic amines) is 1. The molecule has 0 unspecified atom stereocenters. The minimum atomic E-state index is -0.310. The third kappa shape index (κ3) is 4.70. The normalized spacial score (nSPS) is 17.8. The van der Waals surface area contributed by atoms with Crippen LogP contribution in [0.5, 0.6) is 0 Å². The second kappa shape index (κ2) is 8.13. The molecule has 0 radical (unpaired) electrons. The van der Waals surface area contributed by atoms with Crippen molar-refractivity contribution < 1.29 is 4.79 Å². The maximum atomic E-state index is 11.1. The van der Waals surface area contributed by atoms with Gasteiger partial charge in [0.1, 0.15) is 12.4 Å². The van der Waals surface area contributed by atoms with Gasteiger partial charge in [-0.05, 0) is 45.7 Å². The fourth-order valence-corrected chi connectivity index (χ4v) is 3.03. The van der Waals surface area contributed by atoms with Crippen molar-refractivity contribution in [1.29, 1.82) is 0 Å². The van der Waals surface area contributed by atoms with E-state index >= 15 is 0 Å². The molecule has 0 spiro atoms. The number of hydrogen-bond acceptors (Lipinski definition) is 3. The van der Waals surface area contributed by atoms with Crippen molar-refractivity contribution in [1.82, 2.24) is 14.5 Å². The van der Waals surface area contributed by atoms with E-state index < -0.39 is 0 Å². The van der Waals surface area contributed by atoms with Gasteiger partial charge in [0.05, 0.1) is 0 Å². The van der Waals surface area contributed by atoms with Crippen LogP contribution in [0.4, 0.5) is 0 Å². The first kappa shape index (κ1) is 16.7. The number of nitrogens with zero attached hydrogens (tertiary/aromatic N) is 3. The molecule has 2 N–H and O–H groups in total. The lowest BCUT2D eigenvalue weighted by Gasteiger charge is -2.31. The number of rotatable bonds is 7. The molecule has 0 atom stereocenters. The van der Waals surface area contributed by atoms with E-state index in [9.17, 15) is 4.79 Å². The molecule has 0 bridgehead atoms. The van der Waals surface area contributed by atoms with Crippen LogP contribution in [-0.4, -0.2) is 40.0 Å². The number of imidazole rings is 1. The highest BCUT2D eigenvalue weighted by atomic mass is 16.1. The molecule has 2 heterocycles. The maximum Gasteiger partial charge on any atom is 0.237 e. The Morgan fingerprint density at radius 1 is 1.45 bits per heavy atom. The Bertz CT molecular complexity index is 512. The zero-order chi connectivity index (χ0) is 15.9. The number of piperidine rings is 1. The summed E-state index contributed by atoms with van der Waals surface area (Å²) in [5.74, 6) is 1.15. The van der Waals surface area contributed by atoms with Gasteiger partial charge in [0.15, 0.2) is 0 Å². The van der Waals surface area contributed by atoms with Crippen molar-refractivity contribution >= 4 is 5.91 Å². The van der Waals surface area contributed by atoms with Crippen molar-refractivity contribution in [3.8, 4) is 0 Å². The molecule has 1 aromatic heterocycles. The van der Waals surface area contributed by atoms with Crippen molar-refractivity contribution in [2.75, 3.05) is 19.6 Å². The van der Waals surface area contributed by atoms with Gasteiger partial charge in [-0.15, -0.1) is 0 Å².